The predicted molar refractivity (Wildman–Crippen MR) is 199 cm³/mol. The van der Waals surface area contributed by atoms with E-state index in [0.29, 0.717) is 0 Å². The summed E-state index contributed by atoms with van der Waals surface area (Å²) in [6.07, 6.45) is 0. The Kier molecular flexibility index (Phi) is 5.84. The van der Waals surface area contributed by atoms with E-state index in [1.807, 2.05) is 0 Å². The van der Waals surface area contributed by atoms with E-state index < -0.39 is 0 Å². The molecule has 0 amide bonds. The average molecular weight is 613 g/mol. The Balaban J connectivity index is 1.34. The largest absolute Gasteiger partial charge is 0.292 e. The maximum Gasteiger partial charge on any atom is 0.146 e. The van der Waals surface area contributed by atoms with Crippen molar-refractivity contribution in [2.75, 3.05) is 0 Å². The molecule has 4 heteroatoms. The quantitative estimate of drug-likeness (QED) is 0.185. The first-order valence-corrected chi connectivity index (χ1v) is 16.3. The number of aromatic nitrogens is 4. The Morgan fingerprint density at radius 2 is 0.729 bits per heavy atom. The maximum absolute atomic E-state index is 5.29. The topological polar surface area (TPSA) is 35.6 Å². The fourth-order valence-electron chi connectivity index (χ4n) is 7.44. The standard InChI is InChI=1S/C44H28N4/c1-3-15-30(16-4-1)47-40-25-13-11-23-38(40)45-43(47)36-27-29-28-37(33-20-8-10-22-35(33)42(29)34-21-9-7-19-32(34)36)44-46-39-24-12-14-26-41(39)48(44)31-17-5-2-6-18-31/h1-28H. The molecule has 0 saturated heterocycles. The first-order valence-electron chi connectivity index (χ1n) is 16.3. The molecule has 2 heterocycles. The lowest BCUT2D eigenvalue weighted by Crippen LogP contribution is -1.99. The third-order valence-corrected chi connectivity index (χ3v) is 9.49. The van der Waals surface area contributed by atoms with Gasteiger partial charge in [-0.1, -0.05) is 109 Å². The molecule has 0 fully saturated rings. The first kappa shape index (κ1) is 26.7. The molecule has 4 nitrogen and oxygen atoms in total. The van der Waals surface area contributed by atoms with Crippen LogP contribution < -0.4 is 0 Å². The minimum absolute atomic E-state index is 0.923. The fraction of sp³-hybridized carbons (Fsp3) is 0. The fourth-order valence-corrected chi connectivity index (χ4v) is 7.44. The third kappa shape index (κ3) is 3.96. The molecule has 0 aliphatic rings. The van der Waals surface area contributed by atoms with Gasteiger partial charge in [-0.25, -0.2) is 9.97 Å². The summed E-state index contributed by atoms with van der Waals surface area (Å²) < 4.78 is 4.58. The molecule has 2 aromatic heterocycles. The normalized spacial score (nSPS) is 11.8. The second kappa shape index (κ2) is 10.5. The van der Waals surface area contributed by atoms with E-state index in [9.17, 15) is 0 Å². The van der Waals surface area contributed by atoms with Crippen molar-refractivity contribution < 1.29 is 0 Å². The molecule has 10 aromatic rings. The molecule has 0 bridgehead atoms. The van der Waals surface area contributed by atoms with Crippen LogP contribution in [0.5, 0.6) is 0 Å². The molecule has 0 unspecified atom stereocenters. The van der Waals surface area contributed by atoms with E-state index in [4.69, 9.17) is 9.97 Å². The van der Waals surface area contributed by atoms with Crippen LogP contribution in [0.15, 0.2) is 170 Å². The molecule has 48 heavy (non-hydrogen) atoms. The van der Waals surface area contributed by atoms with Crippen molar-refractivity contribution in [3.8, 4) is 34.2 Å². The minimum atomic E-state index is 0.923. The average Bonchev–Trinajstić information content (AvgIpc) is 3.74. The Hall–Kier alpha value is -6.52. The molecule has 10 rings (SSSR count). The van der Waals surface area contributed by atoms with Crippen LogP contribution in [0.1, 0.15) is 0 Å². The van der Waals surface area contributed by atoms with Gasteiger partial charge in [0.05, 0.1) is 22.1 Å². The van der Waals surface area contributed by atoms with Crippen LogP contribution in [-0.4, -0.2) is 19.1 Å². The third-order valence-electron chi connectivity index (χ3n) is 9.49. The Morgan fingerprint density at radius 1 is 0.354 bits per heavy atom. The monoisotopic (exact) mass is 612 g/mol. The summed E-state index contributed by atoms with van der Waals surface area (Å²) in [4.78, 5) is 10.6. The number of fused-ring (bicyclic) bond motifs is 7. The van der Waals surface area contributed by atoms with Crippen molar-refractivity contribution in [1.82, 2.24) is 19.1 Å². The summed E-state index contributed by atoms with van der Waals surface area (Å²) in [6.45, 7) is 0. The van der Waals surface area contributed by atoms with Crippen LogP contribution >= 0.6 is 0 Å². The molecule has 0 saturated carbocycles. The molecule has 0 spiro atoms. The lowest BCUT2D eigenvalue weighted by atomic mass is 9.90. The number of para-hydroxylation sites is 6. The summed E-state index contributed by atoms with van der Waals surface area (Å²) >= 11 is 0. The van der Waals surface area contributed by atoms with Gasteiger partial charge in [0, 0.05) is 22.5 Å². The van der Waals surface area contributed by atoms with Crippen molar-refractivity contribution in [3.63, 3.8) is 0 Å². The van der Waals surface area contributed by atoms with Crippen LogP contribution in [0.2, 0.25) is 0 Å². The Morgan fingerprint density at radius 3 is 1.19 bits per heavy atom. The highest BCUT2D eigenvalue weighted by atomic mass is 15.1. The van der Waals surface area contributed by atoms with Crippen LogP contribution in [0, 0.1) is 0 Å². The van der Waals surface area contributed by atoms with Crippen molar-refractivity contribution in [3.05, 3.63) is 170 Å². The lowest BCUT2D eigenvalue weighted by Gasteiger charge is -2.17. The van der Waals surface area contributed by atoms with Gasteiger partial charge in [0.25, 0.3) is 0 Å². The minimum Gasteiger partial charge on any atom is -0.292 e. The number of rotatable bonds is 4. The highest BCUT2D eigenvalue weighted by Gasteiger charge is 2.22. The van der Waals surface area contributed by atoms with Gasteiger partial charge in [0.2, 0.25) is 0 Å². The number of hydrogen-bond acceptors (Lipinski definition) is 2. The van der Waals surface area contributed by atoms with Crippen molar-refractivity contribution in [1.29, 1.82) is 0 Å². The van der Waals surface area contributed by atoms with E-state index in [1.165, 1.54) is 26.9 Å². The molecule has 0 aliphatic heterocycles. The Labute approximate surface area is 276 Å². The van der Waals surface area contributed by atoms with Gasteiger partial charge in [-0.05, 0) is 93.0 Å². The maximum atomic E-state index is 5.29. The summed E-state index contributed by atoms with van der Waals surface area (Å²) in [5.41, 5.74) is 8.46. The molecule has 224 valence electrons. The summed E-state index contributed by atoms with van der Waals surface area (Å²) in [7, 11) is 0. The van der Waals surface area contributed by atoms with Gasteiger partial charge in [-0.15, -0.1) is 0 Å². The second-order valence-electron chi connectivity index (χ2n) is 12.2. The zero-order chi connectivity index (χ0) is 31.6. The van der Waals surface area contributed by atoms with Crippen molar-refractivity contribution in [2.24, 2.45) is 0 Å². The van der Waals surface area contributed by atoms with E-state index >= 15 is 0 Å². The summed E-state index contributed by atoms with van der Waals surface area (Å²) in [5.74, 6) is 1.85. The van der Waals surface area contributed by atoms with Crippen molar-refractivity contribution in [2.45, 2.75) is 0 Å². The number of benzene rings is 8. The molecule has 0 atom stereocenters. The highest BCUT2D eigenvalue weighted by Crippen LogP contribution is 2.43. The van der Waals surface area contributed by atoms with Gasteiger partial charge >= 0.3 is 0 Å². The van der Waals surface area contributed by atoms with Crippen LogP contribution in [-0.2, 0) is 0 Å². The van der Waals surface area contributed by atoms with E-state index in [-0.39, 0.29) is 0 Å². The van der Waals surface area contributed by atoms with E-state index in [0.717, 1.165) is 61.6 Å². The van der Waals surface area contributed by atoms with Gasteiger partial charge in [0.1, 0.15) is 11.6 Å². The van der Waals surface area contributed by atoms with Crippen LogP contribution in [0.4, 0.5) is 0 Å². The summed E-state index contributed by atoms with van der Waals surface area (Å²) in [5, 5.41) is 7.14. The van der Waals surface area contributed by atoms with Gasteiger partial charge in [-0.2, -0.15) is 0 Å². The molecular weight excluding hydrogens is 585 g/mol. The molecular formula is C44H28N4. The van der Waals surface area contributed by atoms with Gasteiger partial charge in [-0.3, -0.25) is 9.13 Å². The highest BCUT2D eigenvalue weighted by molar-refractivity contribution is 6.25. The first-order chi connectivity index (χ1) is 23.8. The predicted octanol–water partition coefficient (Wildman–Crippen LogP) is 11.2. The smallest absolute Gasteiger partial charge is 0.146 e. The van der Waals surface area contributed by atoms with E-state index in [1.54, 1.807) is 0 Å². The van der Waals surface area contributed by atoms with Crippen LogP contribution in [0.25, 0.3) is 88.5 Å². The zero-order valence-electron chi connectivity index (χ0n) is 26.0. The molecule has 0 N–H and O–H groups in total. The van der Waals surface area contributed by atoms with Crippen LogP contribution in [0.3, 0.4) is 0 Å². The Bertz CT molecular complexity index is 2640. The lowest BCUT2D eigenvalue weighted by molar-refractivity contribution is 1.10. The SMILES string of the molecule is c1ccc(-n2c(-c3cc4cc(-c5nc6ccccc6n5-c5ccccc5)c5ccccc5c4c4ccccc34)nc3ccccc32)cc1. The molecule has 8 aromatic carbocycles. The van der Waals surface area contributed by atoms with Crippen molar-refractivity contribution >= 4 is 54.4 Å². The van der Waals surface area contributed by atoms with E-state index in [2.05, 4.69) is 179 Å². The zero-order valence-corrected chi connectivity index (χ0v) is 26.0. The van der Waals surface area contributed by atoms with Gasteiger partial charge in [0.15, 0.2) is 0 Å². The number of nitrogens with zero attached hydrogens (tertiary/aromatic N) is 4. The molecule has 0 radical (unpaired) electrons. The van der Waals surface area contributed by atoms with Gasteiger partial charge < -0.3 is 0 Å². The number of imidazole rings is 2. The second-order valence-corrected chi connectivity index (χ2v) is 12.2. The summed E-state index contributed by atoms with van der Waals surface area (Å²) in [6, 6.07) is 60.1. The number of hydrogen-bond donors (Lipinski definition) is 0. The molecule has 0 aliphatic carbocycles.